The number of hydrogen-bond acceptors (Lipinski definition) is 5. The summed E-state index contributed by atoms with van der Waals surface area (Å²) >= 11 is 0. The Kier molecular flexibility index (Phi) is 3.58. The number of nitrogens with zero attached hydrogens (tertiary/aromatic N) is 2. The molecule has 2 heterocycles. The van der Waals surface area contributed by atoms with Gasteiger partial charge in [-0.05, 0) is 43.0 Å². The number of aliphatic imine (C=N–C) groups is 1. The molecule has 122 valence electrons. The van der Waals surface area contributed by atoms with Crippen LogP contribution in [0.4, 0.5) is 5.69 Å². The van der Waals surface area contributed by atoms with Crippen molar-refractivity contribution in [3.63, 3.8) is 0 Å². The molecule has 0 saturated carbocycles. The van der Waals surface area contributed by atoms with E-state index in [1.807, 2.05) is 25.1 Å². The first-order valence-electron chi connectivity index (χ1n) is 8.25. The van der Waals surface area contributed by atoms with Crippen molar-refractivity contribution in [2.45, 2.75) is 31.3 Å². The zero-order valence-corrected chi connectivity index (χ0v) is 13.7. The summed E-state index contributed by atoms with van der Waals surface area (Å²) in [6, 6.07) is 14.4. The fourth-order valence-electron chi connectivity index (χ4n) is 3.57. The Labute approximate surface area is 141 Å². The Hall–Kier alpha value is -2.66. The van der Waals surface area contributed by atoms with Crippen molar-refractivity contribution in [3.05, 3.63) is 71.7 Å². The van der Waals surface area contributed by atoms with Crippen LogP contribution in [0.1, 0.15) is 31.2 Å². The molecule has 1 aromatic heterocycles. The highest BCUT2D eigenvalue weighted by atomic mass is 15.2. The SMILES string of the molecule is CC1(N)N=C(Nc2ccncc2)NC2=C1CCC2c1ccccc1. The molecule has 1 aromatic carbocycles. The highest BCUT2D eigenvalue weighted by Gasteiger charge is 2.39. The zero-order chi connectivity index (χ0) is 16.6. The summed E-state index contributed by atoms with van der Waals surface area (Å²) in [6.07, 6.45) is 5.54. The molecular weight excluding hydrogens is 298 g/mol. The standard InChI is InChI=1S/C19H21N5/c1-19(20)16-8-7-15(13-5-3-2-4-6-13)17(16)23-18(24-19)22-14-9-11-21-12-10-14/h2-6,9-12,15H,7-8,20H2,1H3,(H2,21,22,23,24). The van der Waals surface area contributed by atoms with Crippen molar-refractivity contribution in [1.82, 2.24) is 10.3 Å². The van der Waals surface area contributed by atoms with E-state index >= 15 is 0 Å². The van der Waals surface area contributed by atoms with Crippen LogP contribution in [-0.2, 0) is 0 Å². The number of rotatable bonds is 2. The number of allylic oxidation sites excluding steroid dienone is 1. The molecule has 0 saturated heterocycles. The molecule has 4 rings (SSSR count). The van der Waals surface area contributed by atoms with E-state index in [1.54, 1.807) is 12.4 Å². The Bertz CT molecular complexity index is 793. The molecule has 0 radical (unpaired) electrons. The van der Waals surface area contributed by atoms with Gasteiger partial charge < -0.3 is 16.4 Å². The van der Waals surface area contributed by atoms with Gasteiger partial charge in [0.25, 0.3) is 0 Å². The van der Waals surface area contributed by atoms with Crippen molar-refractivity contribution >= 4 is 11.6 Å². The molecule has 2 atom stereocenters. The third-order valence-corrected chi connectivity index (χ3v) is 4.71. The van der Waals surface area contributed by atoms with Gasteiger partial charge in [-0.15, -0.1) is 0 Å². The van der Waals surface area contributed by atoms with E-state index in [0.29, 0.717) is 11.9 Å². The van der Waals surface area contributed by atoms with Gasteiger partial charge in [0.1, 0.15) is 5.66 Å². The lowest BCUT2D eigenvalue weighted by atomic mass is 9.95. The topological polar surface area (TPSA) is 75.3 Å². The highest BCUT2D eigenvalue weighted by molar-refractivity contribution is 5.96. The fourth-order valence-corrected chi connectivity index (χ4v) is 3.57. The molecule has 1 aliphatic heterocycles. The molecule has 24 heavy (non-hydrogen) atoms. The minimum atomic E-state index is -0.681. The molecule has 0 fully saturated rings. The molecule has 2 unspecified atom stereocenters. The predicted molar refractivity (Wildman–Crippen MR) is 96.5 cm³/mol. The van der Waals surface area contributed by atoms with Crippen LogP contribution in [0.5, 0.6) is 0 Å². The average Bonchev–Trinajstić information content (AvgIpc) is 3.01. The fraction of sp³-hybridized carbons (Fsp3) is 0.263. The zero-order valence-electron chi connectivity index (χ0n) is 13.7. The third kappa shape index (κ3) is 2.67. The minimum absolute atomic E-state index is 0.341. The van der Waals surface area contributed by atoms with Crippen molar-refractivity contribution < 1.29 is 0 Å². The molecule has 1 aliphatic carbocycles. The quantitative estimate of drug-likeness (QED) is 0.795. The molecule has 2 aliphatic rings. The van der Waals surface area contributed by atoms with Crippen LogP contribution in [0, 0.1) is 0 Å². The Balaban J connectivity index is 1.64. The number of hydrogen-bond donors (Lipinski definition) is 3. The highest BCUT2D eigenvalue weighted by Crippen LogP contribution is 2.43. The second-order valence-corrected chi connectivity index (χ2v) is 6.49. The van der Waals surface area contributed by atoms with Crippen molar-refractivity contribution in [2.24, 2.45) is 10.7 Å². The van der Waals surface area contributed by atoms with Gasteiger partial charge in [0.15, 0.2) is 0 Å². The number of guanidine groups is 1. The summed E-state index contributed by atoms with van der Waals surface area (Å²) in [5.74, 6) is 1.03. The minimum Gasteiger partial charge on any atom is -0.329 e. The van der Waals surface area contributed by atoms with Crippen LogP contribution in [0.2, 0.25) is 0 Å². The maximum Gasteiger partial charge on any atom is 0.202 e. The van der Waals surface area contributed by atoms with E-state index in [1.165, 1.54) is 16.8 Å². The van der Waals surface area contributed by atoms with Crippen molar-refractivity contribution in [3.8, 4) is 0 Å². The molecule has 0 spiro atoms. The maximum absolute atomic E-state index is 6.51. The second kappa shape index (κ2) is 5.76. The first-order chi connectivity index (χ1) is 11.6. The molecule has 5 nitrogen and oxygen atoms in total. The first-order valence-corrected chi connectivity index (χ1v) is 8.25. The summed E-state index contributed by atoms with van der Waals surface area (Å²) in [5, 5.41) is 6.79. The van der Waals surface area contributed by atoms with Crippen LogP contribution in [0.15, 0.2) is 71.1 Å². The first kappa shape index (κ1) is 14.9. The Morgan fingerprint density at radius 2 is 1.92 bits per heavy atom. The molecule has 2 aromatic rings. The van der Waals surface area contributed by atoms with E-state index in [9.17, 15) is 0 Å². The van der Waals surface area contributed by atoms with Gasteiger partial charge >= 0.3 is 0 Å². The molecule has 0 amide bonds. The van der Waals surface area contributed by atoms with Crippen molar-refractivity contribution in [2.75, 3.05) is 5.32 Å². The Morgan fingerprint density at radius 3 is 2.67 bits per heavy atom. The molecule has 0 bridgehead atoms. The lowest BCUT2D eigenvalue weighted by Gasteiger charge is -2.31. The van der Waals surface area contributed by atoms with Gasteiger partial charge in [0, 0.05) is 29.7 Å². The van der Waals surface area contributed by atoms with Gasteiger partial charge in [0.2, 0.25) is 5.96 Å². The molecular formula is C19H21N5. The monoisotopic (exact) mass is 319 g/mol. The van der Waals surface area contributed by atoms with Crippen LogP contribution in [0.25, 0.3) is 0 Å². The van der Waals surface area contributed by atoms with Crippen LogP contribution >= 0.6 is 0 Å². The van der Waals surface area contributed by atoms with Gasteiger partial charge in [0.05, 0.1) is 0 Å². The number of aromatic nitrogens is 1. The van der Waals surface area contributed by atoms with Crippen LogP contribution in [0.3, 0.4) is 0 Å². The van der Waals surface area contributed by atoms with Crippen LogP contribution in [-0.4, -0.2) is 16.6 Å². The smallest absolute Gasteiger partial charge is 0.202 e. The van der Waals surface area contributed by atoms with Crippen LogP contribution < -0.4 is 16.4 Å². The van der Waals surface area contributed by atoms with E-state index in [0.717, 1.165) is 18.5 Å². The van der Waals surface area contributed by atoms with Gasteiger partial charge in [-0.1, -0.05) is 30.3 Å². The molecule has 5 heteroatoms. The van der Waals surface area contributed by atoms with E-state index in [4.69, 9.17) is 5.73 Å². The lowest BCUT2D eigenvalue weighted by Crippen LogP contribution is -2.47. The largest absolute Gasteiger partial charge is 0.329 e. The summed E-state index contributed by atoms with van der Waals surface area (Å²) in [4.78, 5) is 8.71. The maximum atomic E-state index is 6.51. The predicted octanol–water partition coefficient (Wildman–Crippen LogP) is 2.96. The van der Waals surface area contributed by atoms with E-state index in [2.05, 4.69) is 44.9 Å². The summed E-state index contributed by atoms with van der Waals surface area (Å²) < 4.78 is 0. The van der Waals surface area contributed by atoms with Crippen molar-refractivity contribution in [1.29, 1.82) is 0 Å². The van der Waals surface area contributed by atoms with E-state index < -0.39 is 5.66 Å². The number of nitrogens with one attached hydrogen (secondary N) is 2. The number of nitrogens with two attached hydrogens (primary N) is 1. The van der Waals surface area contributed by atoms with Gasteiger partial charge in [-0.2, -0.15) is 0 Å². The number of anilines is 1. The summed E-state index contributed by atoms with van der Waals surface area (Å²) in [6.45, 7) is 1.98. The number of benzene rings is 1. The summed E-state index contributed by atoms with van der Waals surface area (Å²) in [5.41, 5.74) is 10.5. The average molecular weight is 319 g/mol. The second-order valence-electron chi connectivity index (χ2n) is 6.49. The third-order valence-electron chi connectivity index (χ3n) is 4.71. The Morgan fingerprint density at radius 1 is 1.17 bits per heavy atom. The summed E-state index contributed by atoms with van der Waals surface area (Å²) in [7, 11) is 0. The van der Waals surface area contributed by atoms with E-state index in [-0.39, 0.29) is 0 Å². The normalized spacial score (nSPS) is 25.8. The molecule has 4 N–H and O–H groups in total. The lowest BCUT2D eigenvalue weighted by molar-refractivity contribution is 0.548. The number of pyridine rings is 1. The van der Waals surface area contributed by atoms with Gasteiger partial charge in [-0.25, -0.2) is 4.99 Å². The van der Waals surface area contributed by atoms with Gasteiger partial charge in [-0.3, -0.25) is 4.98 Å².